The van der Waals surface area contributed by atoms with Crippen molar-refractivity contribution in [3.63, 3.8) is 0 Å². The van der Waals surface area contributed by atoms with E-state index in [-0.39, 0.29) is 12.6 Å². The maximum Gasteiger partial charge on any atom is 0.146 e. The van der Waals surface area contributed by atoms with Gasteiger partial charge in [-0.05, 0) is 18.2 Å². The highest BCUT2D eigenvalue weighted by Crippen LogP contribution is 2.45. The van der Waals surface area contributed by atoms with Gasteiger partial charge in [-0.15, -0.1) is 0 Å². The molecule has 0 aliphatic carbocycles. The summed E-state index contributed by atoms with van der Waals surface area (Å²) in [5.74, 6) is 2.49. The summed E-state index contributed by atoms with van der Waals surface area (Å²) in [5.41, 5.74) is 1.58. The first-order chi connectivity index (χ1) is 12.1. The van der Waals surface area contributed by atoms with Crippen LogP contribution in [0.4, 0.5) is 5.69 Å². The zero-order valence-corrected chi connectivity index (χ0v) is 15.8. The zero-order valence-electron chi connectivity index (χ0n) is 14.2. The Kier molecular flexibility index (Phi) is 5.24. The lowest BCUT2D eigenvalue weighted by atomic mass is 9.97. The van der Waals surface area contributed by atoms with Crippen molar-refractivity contribution in [2.45, 2.75) is 12.1 Å². The molecule has 0 fully saturated rings. The number of halogens is 1. The lowest BCUT2D eigenvalue weighted by molar-refractivity contribution is 0.0916. The fourth-order valence-corrected chi connectivity index (χ4v) is 3.31. The van der Waals surface area contributed by atoms with Gasteiger partial charge in [0.1, 0.15) is 29.1 Å². The second-order valence-electron chi connectivity index (χ2n) is 5.55. The maximum atomic E-state index is 9.85. The third-order valence-corrected chi connectivity index (χ3v) is 4.64. The Morgan fingerprint density at radius 3 is 2.32 bits per heavy atom. The number of aliphatic hydroxyl groups is 1. The minimum absolute atomic E-state index is 0.161. The maximum absolute atomic E-state index is 9.85. The van der Waals surface area contributed by atoms with Gasteiger partial charge in [0, 0.05) is 16.6 Å². The molecule has 3 rings (SSSR count). The third-order valence-electron chi connectivity index (χ3n) is 4.15. The first-order valence-electron chi connectivity index (χ1n) is 7.74. The minimum Gasteiger partial charge on any atom is -0.496 e. The van der Waals surface area contributed by atoms with Crippen molar-refractivity contribution in [3.05, 3.63) is 40.4 Å². The van der Waals surface area contributed by atoms with E-state index in [0.717, 1.165) is 15.7 Å². The molecule has 2 N–H and O–H groups in total. The second-order valence-corrected chi connectivity index (χ2v) is 6.46. The zero-order chi connectivity index (χ0) is 18.0. The molecule has 1 aliphatic heterocycles. The Hall–Kier alpha value is -2.12. The molecule has 0 amide bonds. The first kappa shape index (κ1) is 17.7. The van der Waals surface area contributed by atoms with Crippen molar-refractivity contribution in [1.82, 2.24) is 0 Å². The van der Waals surface area contributed by atoms with Crippen LogP contribution in [-0.2, 0) is 0 Å². The Labute approximate surface area is 154 Å². The highest BCUT2D eigenvalue weighted by Gasteiger charge is 2.35. The molecular formula is C18H20BrNO5. The summed E-state index contributed by atoms with van der Waals surface area (Å²) >= 11 is 3.46. The van der Waals surface area contributed by atoms with E-state index >= 15 is 0 Å². The number of hydrogen-bond donors (Lipinski definition) is 2. The van der Waals surface area contributed by atoms with Crippen LogP contribution in [-0.4, -0.2) is 39.1 Å². The molecule has 25 heavy (non-hydrogen) atoms. The van der Waals surface area contributed by atoms with E-state index in [0.29, 0.717) is 23.0 Å². The molecule has 1 heterocycles. The van der Waals surface area contributed by atoms with Crippen molar-refractivity contribution in [3.8, 4) is 23.0 Å². The Morgan fingerprint density at radius 1 is 1.08 bits per heavy atom. The molecule has 1 aliphatic rings. The molecule has 6 nitrogen and oxygen atoms in total. The van der Waals surface area contributed by atoms with Gasteiger partial charge in [0.15, 0.2) is 0 Å². The van der Waals surface area contributed by atoms with E-state index in [1.165, 1.54) is 0 Å². The van der Waals surface area contributed by atoms with Gasteiger partial charge < -0.3 is 29.4 Å². The SMILES string of the molecule is COc1cc(OC)c([C@@H]2Nc3cc(Br)ccc3O[C@H]2CO)c(OC)c1. The Morgan fingerprint density at radius 2 is 1.76 bits per heavy atom. The third kappa shape index (κ3) is 3.34. The van der Waals surface area contributed by atoms with E-state index in [9.17, 15) is 5.11 Å². The minimum atomic E-state index is -0.495. The number of methoxy groups -OCH3 is 3. The predicted molar refractivity (Wildman–Crippen MR) is 98.1 cm³/mol. The normalized spacial score (nSPS) is 18.6. The summed E-state index contributed by atoms with van der Waals surface area (Å²) in [6.07, 6.45) is -0.495. The molecule has 0 radical (unpaired) electrons. The summed E-state index contributed by atoms with van der Waals surface area (Å²) in [7, 11) is 4.75. The van der Waals surface area contributed by atoms with Gasteiger partial charge in [0.05, 0.1) is 45.2 Å². The monoisotopic (exact) mass is 409 g/mol. The Balaban J connectivity index is 2.10. The molecule has 0 unspecified atom stereocenters. The highest BCUT2D eigenvalue weighted by molar-refractivity contribution is 9.10. The van der Waals surface area contributed by atoms with Gasteiger partial charge in [-0.1, -0.05) is 15.9 Å². The van der Waals surface area contributed by atoms with Crippen LogP contribution in [0.15, 0.2) is 34.8 Å². The number of ether oxygens (including phenoxy) is 4. The average Bonchev–Trinajstić information content (AvgIpc) is 2.65. The first-order valence-corrected chi connectivity index (χ1v) is 8.54. The van der Waals surface area contributed by atoms with Crippen molar-refractivity contribution >= 4 is 21.6 Å². The van der Waals surface area contributed by atoms with Crippen LogP contribution < -0.4 is 24.3 Å². The van der Waals surface area contributed by atoms with Crippen LogP contribution in [0.3, 0.4) is 0 Å². The molecule has 0 saturated heterocycles. The van der Waals surface area contributed by atoms with Crippen LogP contribution >= 0.6 is 15.9 Å². The van der Waals surface area contributed by atoms with Crippen LogP contribution in [0.2, 0.25) is 0 Å². The molecule has 0 spiro atoms. The molecular weight excluding hydrogens is 390 g/mol. The topological polar surface area (TPSA) is 69.2 Å². The quantitative estimate of drug-likeness (QED) is 0.788. The molecule has 0 saturated carbocycles. The predicted octanol–water partition coefficient (Wildman–Crippen LogP) is 3.38. The van der Waals surface area contributed by atoms with Crippen LogP contribution in [0.25, 0.3) is 0 Å². The number of hydrogen-bond acceptors (Lipinski definition) is 6. The summed E-state index contributed by atoms with van der Waals surface area (Å²) in [6.45, 7) is -0.161. The molecule has 2 aromatic rings. The van der Waals surface area contributed by atoms with E-state index in [1.807, 2.05) is 18.2 Å². The molecule has 2 aromatic carbocycles. The molecule has 0 aromatic heterocycles. The van der Waals surface area contributed by atoms with Gasteiger partial charge in [0.25, 0.3) is 0 Å². The van der Waals surface area contributed by atoms with Gasteiger partial charge in [-0.3, -0.25) is 0 Å². The second kappa shape index (κ2) is 7.41. The van der Waals surface area contributed by atoms with Crippen molar-refractivity contribution < 1.29 is 24.1 Å². The number of benzene rings is 2. The van der Waals surface area contributed by atoms with Crippen LogP contribution in [0, 0.1) is 0 Å². The van der Waals surface area contributed by atoms with Crippen molar-refractivity contribution in [2.24, 2.45) is 0 Å². The summed E-state index contributed by atoms with van der Waals surface area (Å²) < 4.78 is 23.3. The van der Waals surface area contributed by atoms with Gasteiger partial charge in [-0.2, -0.15) is 0 Å². The lowest BCUT2D eigenvalue weighted by Gasteiger charge is -2.35. The van der Waals surface area contributed by atoms with Crippen molar-refractivity contribution in [1.29, 1.82) is 0 Å². The highest BCUT2D eigenvalue weighted by atomic mass is 79.9. The van der Waals surface area contributed by atoms with E-state index < -0.39 is 6.10 Å². The average molecular weight is 410 g/mol. The standard InChI is InChI=1S/C18H20BrNO5/c1-22-11-7-14(23-2)17(15(8-11)24-3)18-16(9-21)25-13-5-4-10(19)6-12(13)20-18/h4-8,16,18,20-21H,9H2,1-3H3/t16-,18+/m0/s1. The van der Waals surface area contributed by atoms with E-state index in [4.69, 9.17) is 18.9 Å². The number of fused-ring (bicyclic) bond motifs is 1. The van der Waals surface area contributed by atoms with Crippen LogP contribution in [0.1, 0.15) is 11.6 Å². The van der Waals surface area contributed by atoms with E-state index in [2.05, 4.69) is 21.2 Å². The molecule has 134 valence electrons. The Bertz CT molecular complexity index is 742. The smallest absolute Gasteiger partial charge is 0.146 e. The molecule has 7 heteroatoms. The van der Waals surface area contributed by atoms with Gasteiger partial charge in [0.2, 0.25) is 0 Å². The molecule has 0 bridgehead atoms. The van der Waals surface area contributed by atoms with Gasteiger partial charge in [-0.25, -0.2) is 0 Å². The summed E-state index contributed by atoms with van der Waals surface area (Å²) in [5, 5.41) is 13.3. The fourth-order valence-electron chi connectivity index (χ4n) is 2.95. The largest absolute Gasteiger partial charge is 0.496 e. The summed E-state index contributed by atoms with van der Waals surface area (Å²) in [6, 6.07) is 8.88. The van der Waals surface area contributed by atoms with E-state index in [1.54, 1.807) is 33.5 Å². The number of aliphatic hydroxyl groups excluding tert-OH is 1. The van der Waals surface area contributed by atoms with Crippen molar-refractivity contribution in [2.75, 3.05) is 33.3 Å². The lowest BCUT2D eigenvalue weighted by Crippen LogP contribution is -2.37. The summed E-state index contributed by atoms with van der Waals surface area (Å²) in [4.78, 5) is 0. The number of anilines is 1. The fraction of sp³-hybridized carbons (Fsp3) is 0.333. The van der Waals surface area contributed by atoms with Gasteiger partial charge >= 0.3 is 0 Å². The number of nitrogens with one attached hydrogen (secondary N) is 1. The van der Waals surface area contributed by atoms with Crippen LogP contribution in [0.5, 0.6) is 23.0 Å². The number of rotatable bonds is 5. The molecule has 2 atom stereocenters.